The first-order valence-corrected chi connectivity index (χ1v) is 8.09. The average Bonchev–Trinajstić information content (AvgIpc) is 2.43. The smallest absolute Gasteiger partial charge is 0.245 e. The van der Waals surface area contributed by atoms with E-state index in [-0.39, 0.29) is 24.2 Å². The van der Waals surface area contributed by atoms with Gasteiger partial charge >= 0.3 is 0 Å². The van der Waals surface area contributed by atoms with E-state index in [0.717, 1.165) is 38.9 Å². The van der Waals surface area contributed by atoms with Crippen LogP contribution in [0.25, 0.3) is 0 Å². The lowest BCUT2D eigenvalue weighted by Crippen LogP contribution is -2.54. The van der Waals surface area contributed by atoms with Gasteiger partial charge in [0.25, 0.3) is 0 Å². The van der Waals surface area contributed by atoms with Gasteiger partial charge in [-0.05, 0) is 39.3 Å². The monoisotopic (exact) mass is 333 g/mol. The van der Waals surface area contributed by atoms with Gasteiger partial charge in [0.15, 0.2) is 0 Å². The highest BCUT2D eigenvalue weighted by Gasteiger charge is 2.30. The van der Waals surface area contributed by atoms with Gasteiger partial charge in [-0.3, -0.25) is 9.59 Å². The van der Waals surface area contributed by atoms with Gasteiger partial charge in [-0.25, -0.2) is 0 Å². The second-order valence-corrected chi connectivity index (χ2v) is 6.96. The largest absolute Gasteiger partial charge is 0.344 e. The summed E-state index contributed by atoms with van der Waals surface area (Å²) in [6.07, 6.45) is 2.92. The molecule has 0 aliphatic carbocycles. The second-order valence-electron chi connectivity index (χ2n) is 6.96. The fraction of sp³-hybridized carbons (Fsp3) is 0.875. The number of hydrogen-bond acceptors (Lipinski definition) is 3. The van der Waals surface area contributed by atoms with E-state index in [1.807, 2.05) is 25.7 Å². The maximum atomic E-state index is 12.7. The molecule has 130 valence electrons. The Kier molecular flexibility index (Phi) is 9.01. The Labute approximate surface area is 141 Å². The fourth-order valence-electron chi connectivity index (χ4n) is 2.56. The highest BCUT2D eigenvalue weighted by molar-refractivity contribution is 5.89. The predicted molar refractivity (Wildman–Crippen MR) is 92.2 cm³/mol. The van der Waals surface area contributed by atoms with Crippen molar-refractivity contribution in [3.8, 4) is 0 Å². The van der Waals surface area contributed by atoms with E-state index in [0.29, 0.717) is 6.04 Å². The number of nitrogens with zero attached hydrogens (tertiary/aromatic N) is 1. The lowest BCUT2D eigenvalue weighted by atomic mass is 9.95. The van der Waals surface area contributed by atoms with Gasteiger partial charge in [-0.1, -0.05) is 27.7 Å². The minimum atomic E-state index is -0.473. The predicted octanol–water partition coefficient (Wildman–Crippen LogP) is 1.95. The Hall–Kier alpha value is -0.810. The summed E-state index contributed by atoms with van der Waals surface area (Å²) < 4.78 is 0. The van der Waals surface area contributed by atoms with Crippen molar-refractivity contribution in [2.75, 3.05) is 19.6 Å². The summed E-state index contributed by atoms with van der Waals surface area (Å²) in [5, 5.41) is 6.18. The first kappa shape index (κ1) is 21.2. The highest BCUT2D eigenvalue weighted by Crippen LogP contribution is 2.16. The molecule has 1 heterocycles. The highest BCUT2D eigenvalue weighted by atomic mass is 35.5. The number of hydrogen-bond donors (Lipinski definition) is 2. The van der Waals surface area contributed by atoms with E-state index in [9.17, 15) is 9.59 Å². The molecule has 2 amide bonds. The van der Waals surface area contributed by atoms with Crippen LogP contribution in [0.3, 0.4) is 0 Å². The SMILES string of the molecule is CCCN(C(=O)C(C)NC(=O)C(C)(C)C)C1CCNCC1.Cl. The Bertz CT molecular complexity index is 363. The zero-order chi connectivity index (χ0) is 16.0. The third-order valence-electron chi connectivity index (χ3n) is 3.90. The lowest BCUT2D eigenvalue weighted by Gasteiger charge is -2.36. The van der Waals surface area contributed by atoms with Gasteiger partial charge in [-0.15, -0.1) is 12.4 Å². The molecule has 1 aliphatic rings. The van der Waals surface area contributed by atoms with Crippen molar-refractivity contribution >= 4 is 24.2 Å². The molecule has 0 bridgehead atoms. The normalized spacial score (nSPS) is 17.3. The fourth-order valence-corrected chi connectivity index (χ4v) is 2.56. The van der Waals surface area contributed by atoms with E-state index in [4.69, 9.17) is 0 Å². The summed E-state index contributed by atoms with van der Waals surface area (Å²) in [5.41, 5.74) is -0.473. The number of rotatable bonds is 5. The second kappa shape index (κ2) is 9.36. The van der Waals surface area contributed by atoms with Crippen LogP contribution in [0.2, 0.25) is 0 Å². The molecule has 1 fully saturated rings. The molecule has 1 atom stereocenters. The molecule has 0 saturated carbocycles. The quantitative estimate of drug-likeness (QED) is 0.808. The molecule has 22 heavy (non-hydrogen) atoms. The van der Waals surface area contributed by atoms with Crippen LogP contribution in [0.4, 0.5) is 0 Å². The number of carbonyl (C=O) groups is 2. The Balaban J connectivity index is 0.00000441. The molecule has 5 nitrogen and oxygen atoms in total. The molecule has 6 heteroatoms. The van der Waals surface area contributed by atoms with E-state index in [2.05, 4.69) is 17.6 Å². The molecule has 0 aromatic rings. The standard InChI is InChI=1S/C16H31N3O2.ClH/c1-6-11-19(13-7-9-17-10-8-13)14(20)12(2)18-15(21)16(3,4)5;/h12-13,17H,6-11H2,1-5H3,(H,18,21);1H. The number of nitrogens with one attached hydrogen (secondary N) is 2. The lowest BCUT2D eigenvalue weighted by molar-refractivity contribution is -0.140. The molecule has 0 radical (unpaired) electrons. The Morgan fingerprint density at radius 2 is 1.82 bits per heavy atom. The van der Waals surface area contributed by atoms with Crippen LogP contribution in [-0.4, -0.2) is 48.4 Å². The van der Waals surface area contributed by atoms with Crippen LogP contribution >= 0.6 is 12.4 Å². The minimum absolute atomic E-state index is 0. The number of piperidine rings is 1. The van der Waals surface area contributed by atoms with Crippen LogP contribution < -0.4 is 10.6 Å². The van der Waals surface area contributed by atoms with Gasteiger partial charge in [0.05, 0.1) is 0 Å². The van der Waals surface area contributed by atoms with Gasteiger partial charge in [0.2, 0.25) is 11.8 Å². The summed E-state index contributed by atoms with van der Waals surface area (Å²) in [5.74, 6) is -0.0357. The maximum absolute atomic E-state index is 12.7. The third-order valence-corrected chi connectivity index (χ3v) is 3.90. The van der Waals surface area contributed by atoms with E-state index in [1.54, 1.807) is 6.92 Å². The number of halogens is 1. The average molecular weight is 334 g/mol. The summed E-state index contributed by atoms with van der Waals surface area (Å²) in [4.78, 5) is 26.7. The molecule has 0 aromatic carbocycles. The Morgan fingerprint density at radius 1 is 1.27 bits per heavy atom. The molecular formula is C16H32ClN3O2. The van der Waals surface area contributed by atoms with E-state index in [1.165, 1.54) is 0 Å². The summed E-state index contributed by atoms with van der Waals surface area (Å²) in [6, 6.07) is -0.161. The summed E-state index contributed by atoms with van der Waals surface area (Å²) >= 11 is 0. The van der Waals surface area contributed by atoms with Gasteiger partial charge in [-0.2, -0.15) is 0 Å². The van der Waals surface area contributed by atoms with Gasteiger partial charge < -0.3 is 15.5 Å². The first-order valence-electron chi connectivity index (χ1n) is 8.09. The van der Waals surface area contributed by atoms with Gasteiger partial charge in [0.1, 0.15) is 6.04 Å². The van der Waals surface area contributed by atoms with Crippen LogP contribution in [0.5, 0.6) is 0 Å². The van der Waals surface area contributed by atoms with Crippen LogP contribution in [0, 0.1) is 5.41 Å². The van der Waals surface area contributed by atoms with Crippen molar-refractivity contribution in [2.24, 2.45) is 5.41 Å². The Morgan fingerprint density at radius 3 is 2.27 bits per heavy atom. The van der Waals surface area contributed by atoms with Crippen molar-refractivity contribution < 1.29 is 9.59 Å². The minimum Gasteiger partial charge on any atom is -0.344 e. The molecule has 1 saturated heterocycles. The summed E-state index contributed by atoms with van der Waals surface area (Å²) in [6.45, 7) is 12.1. The zero-order valence-electron chi connectivity index (χ0n) is 14.6. The van der Waals surface area contributed by atoms with Crippen LogP contribution in [-0.2, 0) is 9.59 Å². The van der Waals surface area contributed by atoms with E-state index < -0.39 is 11.5 Å². The summed E-state index contributed by atoms with van der Waals surface area (Å²) in [7, 11) is 0. The van der Waals surface area contributed by atoms with Gasteiger partial charge in [0, 0.05) is 18.0 Å². The third kappa shape index (κ3) is 6.13. The molecular weight excluding hydrogens is 302 g/mol. The molecule has 1 aliphatic heterocycles. The van der Waals surface area contributed by atoms with Crippen molar-refractivity contribution in [1.82, 2.24) is 15.5 Å². The molecule has 1 rings (SSSR count). The van der Waals surface area contributed by atoms with Crippen LogP contribution in [0.15, 0.2) is 0 Å². The van der Waals surface area contributed by atoms with Crippen molar-refractivity contribution in [3.05, 3.63) is 0 Å². The molecule has 1 unspecified atom stereocenters. The van der Waals surface area contributed by atoms with E-state index >= 15 is 0 Å². The first-order chi connectivity index (χ1) is 9.77. The molecule has 2 N–H and O–H groups in total. The molecule has 0 spiro atoms. The van der Waals surface area contributed by atoms with Crippen molar-refractivity contribution in [1.29, 1.82) is 0 Å². The zero-order valence-corrected chi connectivity index (χ0v) is 15.4. The van der Waals surface area contributed by atoms with Crippen molar-refractivity contribution in [3.63, 3.8) is 0 Å². The topological polar surface area (TPSA) is 61.4 Å². The van der Waals surface area contributed by atoms with Crippen LogP contribution in [0.1, 0.15) is 53.9 Å². The maximum Gasteiger partial charge on any atom is 0.245 e. The van der Waals surface area contributed by atoms with Crippen molar-refractivity contribution in [2.45, 2.75) is 66.0 Å². The number of carbonyl (C=O) groups excluding carboxylic acids is 2. The number of amides is 2. The molecule has 0 aromatic heterocycles.